The molecule has 6 heteroatoms. The lowest BCUT2D eigenvalue weighted by Crippen LogP contribution is -2.16. The quantitative estimate of drug-likeness (QED) is 0.546. The van der Waals surface area contributed by atoms with Gasteiger partial charge in [-0.1, -0.05) is 30.3 Å². The van der Waals surface area contributed by atoms with E-state index in [1.165, 1.54) is 11.9 Å². The third-order valence-corrected chi connectivity index (χ3v) is 5.64. The molecule has 150 valence electrons. The maximum atomic E-state index is 12.5. The fourth-order valence-corrected chi connectivity index (χ4v) is 4.05. The Morgan fingerprint density at radius 2 is 1.97 bits per heavy atom. The number of benzene rings is 2. The number of aryl methyl sites for hydroxylation is 1. The van der Waals surface area contributed by atoms with E-state index in [1.807, 2.05) is 60.8 Å². The van der Waals surface area contributed by atoms with Gasteiger partial charge in [0.05, 0.1) is 12.5 Å². The van der Waals surface area contributed by atoms with Crippen LogP contribution < -0.4 is 5.32 Å². The predicted molar refractivity (Wildman–Crippen MR) is 115 cm³/mol. The molecular weight excluding hydrogens is 376 g/mol. The third-order valence-electron chi connectivity index (χ3n) is 5.64. The molecule has 0 saturated carbocycles. The second-order valence-corrected chi connectivity index (χ2v) is 7.72. The Labute approximate surface area is 174 Å². The van der Waals surface area contributed by atoms with Crippen molar-refractivity contribution >= 4 is 17.2 Å². The van der Waals surface area contributed by atoms with E-state index in [0.717, 1.165) is 52.9 Å². The molecule has 0 fully saturated rings. The molecule has 0 spiro atoms. The van der Waals surface area contributed by atoms with E-state index in [0.29, 0.717) is 6.42 Å². The highest BCUT2D eigenvalue weighted by atomic mass is 16.3. The lowest BCUT2D eigenvalue weighted by Gasteiger charge is -2.22. The summed E-state index contributed by atoms with van der Waals surface area (Å²) in [5.41, 5.74) is 6.70. The SMILES string of the molecule is O=C(Cc1ccc(-c2ccn3ncnc3c2)cc1)Nc1ccc2c(c1)C(O)CCC2. The van der Waals surface area contributed by atoms with Gasteiger partial charge >= 0.3 is 0 Å². The minimum atomic E-state index is -0.435. The number of nitrogens with zero attached hydrogens (tertiary/aromatic N) is 3. The molecule has 2 heterocycles. The summed E-state index contributed by atoms with van der Waals surface area (Å²) in [6.07, 6.45) is 6.04. The van der Waals surface area contributed by atoms with Crippen LogP contribution in [0.5, 0.6) is 0 Å². The first kappa shape index (κ1) is 18.5. The van der Waals surface area contributed by atoms with Gasteiger partial charge in [-0.3, -0.25) is 4.79 Å². The van der Waals surface area contributed by atoms with Crippen molar-refractivity contribution in [2.75, 3.05) is 5.32 Å². The number of amides is 1. The Morgan fingerprint density at radius 1 is 1.10 bits per heavy atom. The number of carbonyl (C=O) groups excluding carboxylic acids is 1. The van der Waals surface area contributed by atoms with Crippen LogP contribution in [0.2, 0.25) is 0 Å². The van der Waals surface area contributed by atoms with Gasteiger partial charge in [0.15, 0.2) is 5.65 Å². The zero-order chi connectivity index (χ0) is 20.5. The second kappa shape index (κ2) is 7.72. The number of aliphatic hydroxyl groups is 1. The first-order valence-corrected chi connectivity index (χ1v) is 10.2. The molecule has 1 unspecified atom stereocenters. The fraction of sp³-hybridized carbons (Fsp3) is 0.208. The van der Waals surface area contributed by atoms with Gasteiger partial charge in [0.25, 0.3) is 0 Å². The molecule has 1 atom stereocenters. The van der Waals surface area contributed by atoms with Crippen LogP contribution in [0.3, 0.4) is 0 Å². The van der Waals surface area contributed by atoms with Crippen molar-refractivity contribution < 1.29 is 9.90 Å². The number of fused-ring (bicyclic) bond motifs is 2. The van der Waals surface area contributed by atoms with Crippen molar-refractivity contribution in [2.24, 2.45) is 0 Å². The van der Waals surface area contributed by atoms with Gasteiger partial charge in [-0.2, -0.15) is 5.10 Å². The van der Waals surface area contributed by atoms with Gasteiger partial charge in [-0.15, -0.1) is 0 Å². The molecular formula is C24H22N4O2. The van der Waals surface area contributed by atoms with Crippen molar-refractivity contribution in [1.29, 1.82) is 0 Å². The second-order valence-electron chi connectivity index (χ2n) is 7.72. The highest BCUT2D eigenvalue weighted by Crippen LogP contribution is 2.31. The van der Waals surface area contributed by atoms with Crippen molar-refractivity contribution in [3.63, 3.8) is 0 Å². The number of aromatic nitrogens is 3. The third kappa shape index (κ3) is 3.69. The summed E-state index contributed by atoms with van der Waals surface area (Å²) in [4.78, 5) is 16.7. The van der Waals surface area contributed by atoms with Gasteiger partial charge in [0, 0.05) is 11.9 Å². The Morgan fingerprint density at radius 3 is 2.83 bits per heavy atom. The minimum Gasteiger partial charge on any atom is -0.388 e. The molecule has 6 nitrogen and oxygen atoms in total. The number of rotatable bonds is 4. The molecule has 2 aromatic carbocycles. The number of anilines is 1. The van der Waals surface area contributed by atoms with Crippen molar-refractivity contribution in [1.82, 2.24) is 14.6 Å². The molecule has 1 aliphatic carbocycles. The van der Waals surface area contributed by atoms with Gasteiger partial charge < -0.3 is 10.4 Å². The van der Waals surface area contributed by atoms with Crippen LogP contribution in [0.1, 0.15) is 35.6 Å². The monoisotopic (exact) mass is 398 g/mol. The molecule has 4 aromatic rings. The van der Waals surface area contributed by atoms with E-state index in [-0.39, 0.29) is 5.91 Å². The molecule has 2 aromatic heterocycles. The number of carbonyl (C=O) groups is 1. The number of hydrogen-bond donors (Lipinski definition) is 2. The van der Waals surface area contributed by atoms with Gasteiger partial charge in [-0.05, 0) is 71.3 Å². The van der Waals surface area contributed by atoms with Gasteiger partial charge in [-0.25, -0.2) is 9.50 Å². The summed E-state index contributed by atoms with van der Waals surface area (Å²) in [7, 11) is 0. The topological polar surface area (TPSA) is 79.5 Å². The zero-order valence-electron chi connectivity index (χ0n) is 16.5. The molecule has 0 aliphatic heterocycles. The van der Waals surface area contributed by atoms with E-state index >= 15 is 0 Å². The van der Waals surface area contributed by atoms with Crippen molar-refractivity contribution in [2.45, 2.75) is 31.8 Å². The van der Waals surface area contributed by atoms with E-state index in [4.69, 9.17) is 0 Å². The Bertz CT molecular complexity index is 1210. The van der Waals surface area contributed by atoms with Crippen LogP contribution in [-0.2, 0) is 17.6 Å². The molecule has 0 bridgehead atoms. The molecule has 30 heavy (non-hydrogen) atoms. The molecule has 2 N–H and O–H groups in total. The molecule has 1 amide bonds. The predicted octanol–water partition coefficient (Wildman–Crippen LogP) is 3.95. The lowest BCUT2D eigenvalue weighted by molar-refractivity contribution is -0.115. The summed E-state index contributed by atoms with van der Waals surface area (Å²) < 4.78 is 1.72. The largest absolute Gasteiger partial charge is 0.388 e. The van der Waals surface area contributed by atoms with E-state index < -0.39 is 6.10 Å². The first-order chi connectivity index (χ1) is 14.7. The Balaban J connectivity index is 1.26. The van der Waals surface area contributed by atoms with E-state index in [9.17, 15) is 9.90 Å². The number of nitrogens with one attached hydrogen (secondary N) is 1. The van der Waals surface area contributed by atoms with Crippen LogP contribution >= 0.6 is 0 Å². The number of hydrogen-bond acceptors (Lipinski definition) is 4. The summed E-state index contributed by atoms with van der Waals surface area (Å²) >= 11 is 0. The molecule has 5 rings (SSSR count). The first-order valence-electron chi connectivity index (χ1n) is 10.2. The summed E-state index contributed by atoms with van der Waals surface area (Å²) in [6, 6.07) is 17.8. The summed E-state index contributed by atoms with van der Waals surface area (Å²) in [5, 5.41) is 17.3. The minimum absolute atomic E-state index is 0.0714. The van der Waals surface area contributed by atoms with Crippen LogP contribution in [0.15, 0.2) is 67.1 Å². The van der Waals surface area contributed by atoms with Gasteiger partial charge in [0.1, 0.15) is 6.33 Å². The number of pyridine rings is 1. The fourth-order valence-electron chi connectivity index (χ4n) is 4.05. The Hall–Kier alpha value is -3.51. The van der Waals surface area contributed by atoms with E-state index in [2.05, 4.69) is 15.4 Å². The van der Waals surface area contributed by atoms with Crippen molar-refractivity contribution in [3.8, 4) is 11.1 Å². The maximum Gasteiger partial charge on any atom is 0.228 e. The van der Waals surface area contributed by atoms with Gasteiger partial charge in [0.2, 0.25) is 5.91 Å². The molecule has 0 saturated heterocycles. The highest BCUT2D eigenvalue weighted by molar-refractivity contribution is 5.92. The van der Waals surface area contributed by atoms with Crippen LogP contribution in [0.25, 0.3) is 16.8 Å². The highest BCUT2D eigenvalue weighted by Gasteiger charge is 2.18. The molecule has 0 radical (unpaired) electrons. The van der Waals surface area contributed by atoms with Crippen LogP contribution in [0.4, 0.5) is 5.69 Å². The average molecular weight is 398 g/mol. The lowest BCUT2D eigenvalue weighted by atomic mass is 9.89. The standard InChI is InChI=1S/C24H22N4O2/c29-22-3-1-2-18-8-9-20(14-21(18)22)27-24(30)12-16-4-6-17(7-5-16)19-10-11-28-23(13-19)25-15-26-28/h4-11,13-15,22,29H,1-3,12H2,(H,27,30). The average Bonchev–Trinajstić information content (AvgIpc) is 3.23. The number of aliphatic hydroxyl groups excluding tert-OH is 1. The summed E-state index contributed by atoms with van der Waals surface area (Å²) in [6.45, 7) is 0. The zero-order valence-corrected chi connectivity index (χ0v) is 16.5. The van der Waals surface area contributed by atoms with Crippen LogP contribution in [0, 0.1) is 0 Å². The normalized spacial score (nSPS) is 15.7. The Kier molecular flexibility index (Phi) is 4.77. The summed E-state index contributed by atoms with van der Waals surface area (Å²) in [5.74, 6) is -0.0714. The van der Waals surface area contributed by atoms with Crippen LogP contribution in [-0.4, -0.2) is 25.6 Å². The smallest absolute Gasteiger partial charge is 0.228 e. The van der Waals surface area contributed by atoms with E-state index in [1.54, 1.807) is 4.52 Å². The molecule has 1 aliphatic rings. The maximum absolute atomic E-state index is 12.5. The van der Waals surface area contributed by atoms with Crippen molar-refractivity contribution in [3.05, 3.63) is 83.8 Å².